The average Bonchev–Trinajstić information content (AvgIpc) is 2.86. The highest BCUT2D eigenvalue weighted by Crippen LogP contribution is 2.25. The minimum atomic E-state index is 0.499. The number of ether oxygens (including phenoxy) is 2. The van der Waals surface area contributed by atoms with E-state index < -0.39 is 0 Å². The number of rotatable bonds is 7. The number of nitrogens with zero attached hydrogens (tertiary/aromatic N) is 2. The number of benzene rings is 1. The second-order valence-electron chi connectivity index (χ2n) is 4.89. The van der Waals surface area contributed by atoms with Crippen LogP contribution in [0.4, 0.5) is 0 Å². The van der Waals surface area contributed by atoms with E-state index in [1.165, 1.54) is 0 Å². The van der Waals surface area contributed by atoms with Gasteiger partial charge < -0.3 is 14.8 Å². The van der Waals surface area contributed by atoms with E-state index in [9.17, 15) is 0 Å². The van der Waals surface area contributed by atoms with Gasteiger partial charge in [0.15, 0.2) is 0 Å². The second-order valence-corrected chi connectivity index (χ2v) is 4.89. The van der Waals surface area contributed by atoms with Crippen LogP contribution in [0.2, 0.25) is 0 Å². The lowest BCUT2D eigenvalue weighted by Gasteiger charge is -2.13. The molecule has 2 aromatic rings. The lowest BCUT2D eigenvalue weighted by Crippen LogP contribution is -2.10. The largest absolute Gasteiger partial charge is 0.497 e. The summed E-state index contributed by atoms with van der Waals surface area (Å²) in [5.41, 5.74) is 3.20. The van der Waals surface area contributed by atoms with Crippen LogP contribution >= 0.6 is 0 Å². The molecule has 0 atom stereocenters. The molecule has 21 heavy (non-hydrogen) atoms. The zero-order chi connectivity index (χ0) is 15.2. The third-order valence-corrected chi connectivity index (χ3v) is 3.30. The molecule has 0 fully saturated rings. The highest BCUT2D eigenvalue weighted by atomic mass is 16.5. The fraction of sp³-hybridized carbons (Fsp3) is 0.438. The number of aromatic nitrogens is 2. The summed E-state index contributed by atoms with van der Waals surface area (Å²) in [6, 6.07) is 7.95. The normalized spacial score (nSPS) is 10.7. The van der Waals surface area contributed by atoms with E-state index in [1.807, 2.05) is 36.9 Å². The molecule has 5 heteroatoms. The SMILES string of the molecule is CCn1nc(C)cc1COc1cc(OC)ccc1CNC. The van der Waals surface area contributed by atoms with E-state index >= 15 is 0 Å². The summed E-state index contributed by atoms with van der Waals surface area (Å²) < 4.78 is 13.2. The Hall–Kier alpha value is -2.01. The quantitative estimate of drug-likeness (QED) is 0.851. The molecule has 0 radical (unpaired) electrons. The summed E-state index contributed by atoms with van der Waals surface area (Å²) in [6.07, 6.45) is 0. The van der Waals surface area contributed by atoms with Crippen molar-refractivity contribution in [2.45, 2.75) is 33.5 Å². The third kappa shape index (κ3) is 3.76. The van der Waals surface area contributed by atoms with E-state index in [1.54, 1.807) is 7.11 Å². The summed E-state index contributed by atoms with van der Waals surface area (Å²) in [5.74, 6) is 1.63. The molecule has 0 aliphatic rings. The van der Waals surface area contributed by atoms with Gasteiger partial charge in [-0.05, 0) is 33.0 Å². The van der Waals surface area contributed by atoms with Gasteiger partial charge in [-0.3, -0.25) is 4.68 Å². The Morgan fingerprint density at radius 3 is 2.76 bits per heavy atom. The Morgan fingerprint density at radius 1 is 1.29 bits per heavy atom. The molecule has 0 spiro atoms. The molecule has 0 unspecified atom stereocenters. The van der Waals surface area contributed by atoms with Gasteiger partial charge >= 0.3 is 0 Å². The molecular weight excluding hydrogens is 266 g/mol. The maximum absolute atomic E-state index is 5.99. The number of methoxy groups -OCH3 is 1. The number of nitrogens with one attached hydrogen (secondary N) is 1. The fourth-order valence-corrected chi connectivity index (χ4v) is 2.27. The monoisotopic (exact) mass is 289 g/mol. The van der Waals surface area contributed by atoms with Crippen LogP contribution in [-0.4, -0.2) is 23.9 Å². The molecule has 0 amide bonds. The molecule has 1 heterocycles. The molecule has 0 saturated heterocycles. The van der Waals surface area contributed by atoms with E-state index in [0.29, 0.717) is 6.61 Å². The molecular formula is C16H23N3O2. The molecule has 1 N–H and O–H groups in total. The van der Waals surface area contributed by atoms with Crippen LogP contribution in [-0.2, 0) is 19.7 Å². The van der Waals surface area contributed by atoms with Crippen molar-refractivity contribution in [2.24, 2.45) is 0 Å². The predicted octanol–water partition coefficient (Wildman–Crippen LogP) is 2.52. The summed E-state index contributed by atoms with van der Waals surface area (Å²) in [7, 11) is 3.58. The van der Waals surface area contributed by atoms with Gasteiger partial charge in [0.2, 0.25) is 0 Å². The highest BCUT2D eigenvalue weighted by molar-refractivity contribution is 5.40. The van der Waals surface area contributed by atoms with Crippen molar-refractivity contribution in [3.8, 4) is 11.5 Å². The van der Waals surface area contributed by atoms with Crippen LogP contribution in [0.3, 0.4) is 0 Å². The van der Waals surface area contributed by atoms with E-state index in [0.717, 1.165) is 41.5 Å². The van der Waals surface area contributed by atoms with E-state index in [4.69, 9.17) is 9.47 Å². The second kappa shape index (κ2) is 7.13. The standard InChI is InChI=1S/C16H23N3O2/c1-5-19-14(8-12(2)18-19)11-21-16-9-15(20-4)7-6-13(16)10-17-3/h6-9,17H,5,10-11H2,1-4H3. The van der Waals surface area contributed by atoms with Crippen LogP contribution < -0.4 is 14.8 Å². The summed E-state index contributed by atoms with van der Waals surface area (Å²) in [4.78, 5) is 0. The maximum atomic E-state index is 5.99. The van der Waals surface area contributed by atoms with Crippen molar-refractivity contribution in [3.63, 3.8) is 0 Å². The molecule has 1 aromatic carbocycles. The van der Waals surface area contributed by atoms with Gasteiger partial charge in [0.1, 0.15) is 18.1 Å². The topological polar surface area (TPSA) is 48.3 Å². The molecule has 0 bridgehead atoms. The number of hydrogen-bond acceptors (Lipinski definition) is 4. The summed E-state index contributed by atoms with van der Waals surface area (Å²) in [5, 5.41) is 7.58. The molecule has 0 saturated carbocycles. The van der Waals surface area contributed by atoms with Crippen molar-refractivity contribution in [1.82, 2.24) is 15.1 Å². The molecule has 0 aliphatic heterocycles. The van der Waals surface area contributed by atoms with Gasteiger partial charge in [0.25, 0.3) is 0 Å². The zero-order valence-corrected chi connectivity index (χ0v) is 13.1. The smallest absolute Gasteiger partial charge is 0.130 e. The molecule has 0 aliphatic carbocycles. The van der Waals surface area contributed by atoms with Gasteiger partial charge in [-0.15, -0.1) is 0 Å². The van der Waals surface area contributed by atoms with Gasteiger partial charge in [-0.25, -0.2) is 0 Å². The highest BCUT2D eigenvalue weighted by Gasteiger charge is 2.09. The van der Waals surface area contributed by atoms with Crippen molar-refractivity contribution in [1.29, 1.82) is 0 Å². The predicted molar refractivity (Wildman–Crippen MR) is 82.7 cm³/mol. The maximum Gasteiger partial charge on any atom is 0.130 e. The molecule has 5 nitrogen and oxygen atoms in total. The van der Waals surface area contributed by atoms with Crippen LogP contribution in [0.5, 0.6) is 11.5 Å². The summed E-state index contributed by atoms with van der Waals surface area (Å²) in [6.45, 7) is 6.17. The Balaban J connectivity index is 2.17. The number of hydrogen-bond donors (Lipinski definition) is 1. The first-order valence-corrected chi connectivity index (χ1v) is 7.15. The lowest BCUT2D eigenvalue weighted by atomic mass is 10.2. The van der Waals surface area contributed by atoms with Gasteiger partial charge in [0, 0.05) is 24.7 Å². The minimum absolute atomic E-state index is 0.499. The Labute approximate surface area is 125 Å². The van der Waals surface area contributed by atoms with Crippen LogP contribution in [0.1, 0.15) is 23.9 Å². The van der Waals surface area contributed by atoms with Crippen molar-refractivity contribution < 1.29 is 9.47 Å². The van der Waals surface area contributed by atoms with Crippen molar-refractivity contribution >= 4 is 0 Å². The zero-order valence-electron chi connectivity index (χ0n) is 13.1. The lowest BCUT2D eigenvalue weighted by molar-refractivity contribution is 0.287. The van der Waals surface area contributed by atoms with Gasteiger partial charge in [-0.1, -0.05) is 6.07 Å². The third-order valence-electron chi connectivity index (χ3n) is 3.30. The Morgan fingerprint density at radius 2 is 2.10 bits per heavy atom. The van der Waals surface area contributed by atoms with E-state index in [2.05, 4.69) is 23.4 Å². The first kappa shape index (κ1) is 15.4. The first-order valence-electron chi connectivity index (χ1n) is 7.15. The molecule has 1 aromatic heterocycles. The molecule has 2 rings (SSSR count). The fourth-order valence-electron chi connectivity index (χ4n) is 2.27. The Bertz CT molecular complexity index is 593. The Kier molecular flexibility index (Phi) is 5.22. The van der Waals surface area contributed by atoms with E-state index in [-0.39, 0.29) is 0 Å². The molecule has 114 valence electrons. The number of aryl methyl sites for hydroxylation is 2. The summed E-state index contributed by atoms with van der Waals surface area (Å²) >= 11 is 0. The van der Waals surface area contributed by atoms with Crippen LogP contribution in [0.25, 0.3) is 0 Å². The van der Waals surface area contributed by atoms with Crippen molar-refractivity contribution in [2.75, 3.05) is 14.2 Å². The van der Waals surface area contributed by atoms with Gasteiger partial charge in [-0.2, -0.15) is 5.10 Å². The minimum Gasteiger partial charge on any atom is -0.497 e. The van der Waals surface area contributed by atoms with Gasteiger partial charge in [0.05, 0.1) is 18.5 Å². The van der Waals surface area contributed by atoms with Crippen LogP contribution in [0, 0.1) is 6.92 Å². The van der Waals surface area contributed by atoms with Crippen LogP contribution in [0.15, 0.2) is 24.3 Å². The van der Waals surface area contributed by atoms with Crippen molar-refractivity contribution in [3.05, 3.63) is 41.2 Å². The first-order chi connectivity index (χ1) is 10.2. The average molecular weight is 289 g/mol.